The summed E-state index contributed by atoms with van der Waals surface area (Å²) in [4.78, 5) is 20.2. The lowest BCUT2D eigenvalue weighted by molar-refractivity contribution is -0.274. The van der Waals surface area contributed by atoms with E-state index >= 15 is 0 Å². The second-order valence-electron chi connectivity index (χ2n) is 6.67. The van der Waals surface area contributed by atoms with E-state index in [9.17, 15) is 22.4 Å². The monoisotopic (exact) mass is 483 g/mol. The number of rotatable bonds is 6. The molecule has 33 heavy (non-hydrogen) atoms. The molecule has 1 aliphatic heterocycles. The molecule has 1 aromatic heterocycles. The van der Waals surface area contributed by atoms with Crippen molar-refractivity contribution < 1.29 is 31.8 Å². The Morgan fingerprint density at radius 3 is 2.64 bits per heavy atom. The van der Waals surface area contributed by atoms with E-state index in [1.807, 2.05) is 0 Å². The van der Waals surface area contributed by atoms with Gasteiger partial charge >= 0.3 is 6.36 Å². The summed E-state index contributed by atoms with van der Waals surface area (Å²) in [6, 6.07) is 6.58. The van der Waals surface area contributed by atoms with Crippen LogP contribution in [0.2, 0.25) is 5.02 Å². The highest BCUT2D eigenvalue weighted by Gasteiger charge is 2.32. The molecular weight excluding hydrogens is 470 g/mol. The first kappa shape index (κ1) is 22.4. The van der Waals surface area contributed by atoms with Gasteiger partial charge in [-0.15, -0.1) is 13.2 Å². The normalized spacial score (nSPS) is 12.2. The maximum absolute atomic E-state index is 14.3. The van der Waals surface area contributed by atoms with Gasteiger partial charge in [-0.3, -0.25) is 4.79 Å². The Hall–Kier alpha value is -3.80. The number of carbonyl (C=O) groups is 1. The minimum Gasteiger partial charge on any atom is -0.488 e. The first-order valence-corrected chi connectivity index (χ1v) is 9.65. The average Bonchev–Trinajstić information content (AvgIpc) is 2.72. The van der Waals surface area contributed by atoms with Crippen molar-refractivity contribution in [3.05, 3.63) is 58.5 Å². The maximum Gasteiger partial charge on any atom is 0.573 e. The maximum atomic E-state index is 14.3. The summed E-state index contributed by atoms with van der Waals surface area (Å²) >= 11 is 5.82. The third kappa shape index (κ3) is 4.85. The highest BCUT2D eigenvalue weighted by atomic mass is 35.5. The summed E-state index contributed by atoms with van der Waals surface area (Å²) in [5.74, 6) is -1.52. The summed E-state index contributed by atoms with van der Waals surface area (Å²) in [6.07, 6.45) is -4.01. The molecule has 0 bridgehead atoms. The molecule has 0 saturated carbocycles. The van der Waals surface area contributed by atoms with Crippen LogP contribution in [0, 0.1) is 5.82 Å². The molecule has 0 aliphatic carbocycles. The third-order valence-electron chi connectivity index (χ3n) is 4.51. The second-order valence-corrected chi connectivity index (χ2v) is 7.07. The van der Waals surface area contributed by atoms with E-state index < -0.39 is 17.9 Å². The van der Waals surface area contributed by atoms with Gasteiger partial charge in [0.25, 0.3) is 5.91 Å². The number of hydrogen-bond acceptors (Lipinski definition) is 7. The zero-order valence-electron chi connectivity index (χ0n) is 16.7. The summed E-state index contributed by atoms with van der Waals surface area (Å²) in [5, 5.41) is 7.70. The number of alkyl halides is 3. The van der Waals surface area contributed by atoms with Crippen LogP contribution >= 0.6 is 11.6 Å². The van der Waals surface area contributed by atoms with Crippen molar-refractivity contribution in [3.63, 3.8) is 0 Å². The Labute approximate surface area is 188 Å². The minimum absolute atomic E-state index is 0.0348. The van der Waals surface area contributed by atoms with Gasteiger partial charge in [0, 0.05) is 18.3 Å². The largest absolute Gasteiger partial charge is 0.573 e. The second kappa shape index (κ2) is 8.62. The fourth-order valence-electron chi connectivity index (χ4n) is 3.02. The van der Waals surface area contributed by atoms with Crippen molar-refractivity contribution in [1.82, 2.24) is 15.3 Å². The molecule has 0 unspecified atom stereocenters. The Morgan fingerprint density at radius 1 is 1.21 bits per heavy atom. The van der Waals surface area contributed by atoms with Crippen LogP contribution in [0.15, 0.2) is 36.5 Å². The van der Waals surface area contributed by atoms with Gasteiger partial charge in [0.05, 0.1) is 22.5 Å². The first-order chi connectivity index (χ1) is 15.6. The van der Waals surface area contributed by atoms with Crippen LogP contribution in [-0.2, 0) is 6.61 Å². The number of carbonyl (C=O) groups excluding carboxylic acids is 1. The number of halogens is 5. The summed E-state index contributed by atoms with van der Waals surface area (Å²) in [5.41, 5.74) is 1.58. The van der Waals surface area contributed by atoms with E-state index in [-0.39, 0.29) is 35.0 Å². The minimum atomic E-state index is -4.91. The summed E-state index contributed by atoms with van der Waals surface area (Å²) < 4.78 is 60.5. The van der Waals surface area contributed by atoms with Crippen molar-refractivity contribution in [1.29, 1.82) is 0 Å². The molecule has 0 atom stereocenters. The van der Waals surface area contributed by atoms with E-state index in [0.717, 1.165) is 18.3 Å². The molecule has 0 fully saturated rings. The van der Waals surface area contributed by atoms with Crippen molar-refractivity contribution >= 4 is 40.6 Å². The quantitative estimate of drug-likeness (QED) is 0.429. The van der Waals surface area contributed by atoms with E-state index in [1.54, 1.807) is 12.1 Å². The molecule has 2 heterocycles. The van der Waals surface area contributed by atoms with Gasteiger partial charge in [-0.05, 0) is 30.3 Å². The fraction of sp³-hybridized carbons (Fsp3) is 0.150. The third-order valence-corrected chi connectivity index (χ3v) is 4.80. The lowest BCUT2D eigenvalue weighted by Gasteiger charge is -2.25. The van der Waals surface area contributed by atoms with Gasteiger partial charge < -0.3 is 25.4 Å². The van der Waals surface area contributed by atoms with Gasteiger partial charge in [0.15, 0.2) is 11.6 Å². The molecule has 3 aromatic rings. The number of benzene rings is 2. The molecule has 0 radical (unpaired) electrons. The van der Waals surface area contributed by atoms with Gasteiger partial charge in [-0.25, -0.2) is 9.37 Å². The fourth-order valence-corrected chi connectivity index (χ4v) is 3.24. The molecular formula is C20H14ClF4N5O3. The van der Waals surface area contributed by atoms with Crippen molar-refractivity contribution in [3.8, 4) is 11.5 Å². The lowest BCUT2D eigenvalue weighted by Crippen LogP contribution is -2.25. The predicted octanol–water partition coefficient (Wildman–Crippen LogP) is 4.91. The number of amides is 1. The molecule has 1 amide bonds. The Balaban J connectivity index is 1.58. The van der Waals surface area contributed by atoms with Crippen LogP contribution in [0.25, 0.3) is 0 Å². The van der Waals surface area contributed by atoms with Crippen molar-refractivity contribution in [2.45, 2.75) is 13.0 Å². The zero-order chi connectivity index (χ0) is 23.8. The molecule has 172 valence electrons. The van der Waals surface area contributed by atoms with E-state index in [0.29, 0.717) is 22.6 Å². The van der Waals surface area contributed by atoms with Crippen LogP contribution in [0.3, 0.4) is 0 Å². The molecule has 8 nitrogen and oxygen atoms in total. The van der Waals surface area contributed by atoms with Gasteiger partial charge in [0.2, 0.25) is 5.95 Å². The molecule has 4 rings (SSSR count). The topological polar surface area (TPSA) is 97.4 Å². The van der Waals surface area contributed by atoms with Crippen LogP contribution in [0.5, 0.6) is 11.5 Å². The molecule has 2 aromatic carbocycles. The molecule has 0 saturated heterocycles. The number of hydrogen-bond donors (Lipinski definition) is 3. The molecule has 1 aliphatic rings. The Morgan fingerprint density at radius 2 is 2.00 bits per heavy atom. The zero-order valence-corrected chi connectivity index (χ0v) is 17.4. The van der Waals surface area contributed by atoms with Crippen LogP contribution in [-0.4, -0.2) is 29.3 Å². The molecule has 13 heteroatoms. The highest BCUT2D eigenvalue weighted by Crippen LogP contribution is 2.37. The Kier molecular flexibility index (Phi) is 5.85. The van der Waals surface area contributed by atoms with Crippen molar-refractivity contribution in [2.75, 3.05) is 17.7 Å². The van der Waals surface area contributed by atoms with Crippen LogP contribution in [0.1, 0.15) is 15.9 Å². The lowest BCUT2D eigenvalue weighted by atomic mass is 10.0. The number of nitrogens with zero attached hydrogens (tertiary/aromatic N) is 2. The smallest absolute Gasteiger partial charge is 0.488 e. The Bertz CT molecular complexity index is 1240. The predicted molar refractivity (Wildman–Crippen MR) is 111 cm³/mol. The van der Waals surface area contributed by atoms with E-state index in [2.05, 4.69) is 30.7 Å². The van der Waals surface area contributed by atoms with Gasteiger partial charge in [-0.1, -0.05) is 11.6 Å². The SMILES string of the molecule is CNC(=O)c1c(Nc2ncc(F)c(Nc3ccc(OC(F)(F)F)c(Cl)c3)n2)ccc2c1CO2. The van der Waals surface area contributed by atoms with Gasteiger partial charge in [0.1, 0.15) is 18.1 Å². The number of fused-ring (bicyclic) bond motifs is 1. The van der Waals surface area contributed by atoms with E-state index in [1.165, 1.54) is 13.1 Å². The van der Waals surface area contributed by atoms with Gasteiger partial charge in [-0.2, -0.15) is 4.98 Å². The highest BCUT2D eigenvalue weighted by molar-refractivity contribution is 6.32. The number of nitrogens with one attached hydrogen (secondary N) is 3. The standard InChI is InChI=1S/C20H14ClF4N5O3/c1-26-18(31)16-10-8-32-14(10)5-3-13(16)29-19-27-7-12(22)17(30-19)28-9-2-4-15(11(21)6-9)33-20(23,24)25/h2-7H,8H2,1H3,(H,26,31)(H2,27,28,29,30). The number of ether oxygens (including phenoxy) is 2. The number of anilines is 4. The number of aromatic nitrogens is 2. The molecule has 0 spiro atoms. The van der Waals surface area contributed by atoms with Crippen LogP contribution in [0.4, 0.5) is 40.7 Å². The average molecular weight is 484 g/mol. The molecule has 3 N–H and O–H groups in total. The van der Waals surface area contributed by atoms with Crippen molar-refractivity contribution in [2.24, 2.45) is 0 Å². The summed E-state index contributed by atoms with van der Waals surface area (Å²) in [7, 11) is 1.48. The van der Waals surface area contributed by atoms with Crippen LogP contribution < -0.4 is 25.4 Å². The summed E-state index contributed by atoms with van der Waals surface area (Å²) in [6.45, 7) is 0.263. The first-order valence-electron chi connectivity index (χ1n) is 9.27. The van der Waals surface area contributed by atoms with E-state index in [4.69, 9.17) is 16.3 Å².